The van der Waals surface area contributed by atoms with E-state index in [9.17, 15) is 4.79 Å². The lowest BCUT2D eigenvalue weighted by atomic mass is 10.2. The molecule has 0 fully saturated rings. The van der Waals surface area contributed by atoms with E-state index < -0.39 is 5.97 Å². The Morgan fingerprint density at radius 1 is 1.14 bits per heavy atom. The molecule has 29 heavy (non-hydrogen) atoms. The van der Waals surface area contributed by atoms with Crippen LogP contribution in [0, 0.1) is 0 Å². The third kappa shape index (κ3) is 6.25. The van der Waals surface area contributed by atoms with E-state index in [0.29, 0.717) is 34.6 Å². The third-order valence-corrected chi connectivity index (χ3v) is 4.09. The highest BCUT2D eigenvalue weighted by molar-refractivity contribution is 6.30. The zero-order chi connectivity index (χ0) is 20.6. The molecule has 0 atom stereocenters. The average molecular weight is 411 g/mol. The molecule has 0 amide bonds. The number of nitrogens with zero attached hydrogens (tertiary/aromatic N) is 4. The van der Waals surface area contributed by atoms with Gasteiger partial charge in [0.05, 0.1) is 12.1 Å². The van der Waals surface area contributed by atoms with Gasteiger partial charge in [-0.05, 0) is 49.7 Å². The predicted molar refractivity (Wildman–Crippen MR) is 114 cm³/mol. The minimum atomic E-state index is -0.856. The molecule has 3 aromatic rings. The van der Waals surface area contributed by atoms with Crippen LogP contribution in [0.15, 0.2) is 60.0 Å². The summed E-state index contributed by atoms with van der Waals surface area (Å²) < 4.78 is 0. The summed E-state index contributed by atoms with van der Waals surface area (Å²) in [6.45, 7) is 1.76. The predicted octanol–water partition coefficient (Wildman–Crippen LogP) is 4.59. The van der Waals surface area contributed by atoms with Crippen LogP contribution in [0.2, 0.25) is 5.02 Å². The Morgan fingerprint density at radius 2 is 1.97 bits per heavy atom. The van der Waals surface area contributed by atoms with Crippen molar-refractivity contribution in [3.63, 3.8) is 0 Å². The molecule has 1 aromatic carbocycles. The van der Waals surface area contributed by atoms with Crippen molar-refractivity contribution in [3.05, 3.63) is 59.9 Å². The Bertz CT molecular complexity index is 1040. The van der Waals surface area contributed by atoms with Crippen molar-refractivity contribution in [2.24, 2.45) is 5.10 Å². The van der Waals surface area contributed by atoms with Crippen LogP contribution in [0.5, 0.6) is 0 Å². The molecule has 0 spiro atoms. The van der Waals surface area contributed by atoms with Crippen molar-refractivity contribution in [1.29, 1.82) is 0 Å². The lowest BCUT2D eigenvalue weighted by Crippen LogP contribution is -2.03. The summed E-state index contributed by atoms with van der Waals surface area (Å²) in [4.78, 5) is 23.6. The number of carbonyl (C=O) groups is 1. The summed E-state index contributed by atoms with van der Waals surface area (Å²) in [5.74, 6) is 0.115. The number of carboxylic acids is 1. The SMILES string of the molecule is CC(CCC(=O)O)=NNc1cc(-c2ccnc(Nc3cccc(Cl)c3)n2)ccn1. The molecule has 2 aromatic heterocycles. The summed E-state index contributed by atoms with van der Waals surface area (Å²) in [5, 5.41) is 16.6. The first-order valence-corrected chi connectivity index (χ1v) is 9.20. The summed E-state index contributed by atoms with van der Waals surface area (Å²) in [7, 11) is 0. The lowest BCUT2D eigenvalue weighted by molar-refractivity contribution is -0.136. The molecule has 0 bridgehead atoms. The summed E-state index contributed by atoms with van der Waals surface area (Å²) in [5.41, 5.74) is 5.86. The van der Waals surface area contributed by atoms with Crippen molar-refractivity contribution in [1.82, 2.24) is 15.0 Å². The lowest BCUT2D eigenvalue weighted by Gasteiger charge is -2.08. The van der Waals surface area contributed by atoms with Gasteiger partial charge in [0.2, 0.25) is 5.95 Å². The fourth-order valence-electron chi connectivity index (χ4n) is 2.42. The van der Waals surface area contributed by atoms with Crippen molar-refractivity contribution < 1.29 is 9.90 Å². The van der Waals surface area contributed by atoms with Gasteiger partial charge in [-0.15, -0.1) is 0 Å². The molecule has 2 heterocycles. The molecular formula is C20H19ClN6O2. The minimum Gasteiger partial charge on any atom is -0.481 e. The Kier molecular flexibility index (Phi) is 6.70. The Hall–Kier alpha value is -3.52. The Balaban J connectivity index is 1.73. The minimum absolute atomic E-state index is 0.0355. The highest BCUT2D eigenvalue weighted by Crippen LogP contribution is 2.22. The maximum absolute atomic E-state index is 10.6. The molecule has 9 heteroatoms. The van der Waals surface area contributed by atoms with E-state index in [1.54, 1.807) is 43.6 Å². The van der Waals surface area contributed by atoms with Crippen molar-refractivity contribution in [2.45, 2.75) is 19.8 Å². The van der Waals surface area contributed by atoms with E-state index in [2.05, 4.69) is 30.8 Å². The van der Waals surface area contributed by atoms with Gasteiger partial charge in [-0.1, -0.05) is 17.7 Å². The molecule has 0 unspecified atom stereocenters. The first kappa shape index (κ1) is 20.2. The Labute approximate surface area is 172 Å². The fraction of sp³-hybridized carbons (Fsp3) is 0.150. The van der Waals surface area contributed by atoms with E-state index in [0.717, 1.165) is 11.3 Å². The third-order valence-electron chi connectivity index (χ3n) is 3.85. The van der Waals surface area contributed by atoms with E-state index in [4.69, 9.17) is 16.7 Å². The van der Waals surface area contributed by atoms with Gasteiger partial charge < -0.3 is 10.4 Å². The highest BCUT2D eigenvalue weighted by atomic mass is 35.5. The quantitative estimate of drug-likeness (QED) is 0.367. The number of hydrogen-bond acceptors (Lipinski definition) is 7. The van der Waals surface area contributed by atoms with Crippen LogP contribution in [-0.4, -0.2) is 31.7 Å². The zero-order valence-corrected chi connectivity index (χ0v) is 16.4. The van der Waals surface area contributed by atoms with E-state index in [-0.39, 0.29) is 6.42 Å². The van der Waals surface area contributed by atoms with Crippen LogP contribution in [-0.2, 0) is 4.79 Å². The number of aliphatic carboxylic acids is 1. The van der Waals surface area contributed by atoms with Gasteiger partial charge in [0.15, 0.2) is 0 Å². The first-order valence-electron chi connectivity index (χ1n) is 8.82. The molecule has 8 nitrogen and oxygen atoms in total. The maximum Gasteiger partial charge on any atom is 0.303 e. The van der Waals surface area contributed by atoms with Crippen LogP contribution in [0.4, 0.5) is 17.5 Å². The number of hydrogen-bond donors (Lipinski definition) is 3. The van der Waals surface area contributed by atoms with E-state index in [1.165, 1.54) is 0 Å². The molecule has 0 aliphatic rings. The van der Waals surface area contributed by atoms with Crippen LogP contribution < -0.4 is 10.7 Å². The molecule has 0 aliphatic heterocycles. The van der Waals surface area contributed by atoms with Crippen molar-refractivity contribution >= 4 is 40.7 Å². The first-order chi connectivity index (χ1) is 14.0. The maximum atomic E-state index is 10.6. The number of hydrazone groups is 1. The van der Waals surface area contributed by atoms with Gasteiger partial charge in [0.1, 0.15) is 5.82 Å². The van der Waals surface area contributed by atoms with Crippen molar-refractivity contribution in [3.8, 4) is 11.3 Å². The van der Waals surface area contributed by atoms with Gasteiger partial charge in [-0.2, -0.15) is 5.10 Å². The molecular weight excluding hydrogens is 392 g/mol. The molecule has 3 N–H and O–H groups in total. The van der Waals surface area contributed by atoms with Gasteiger partial charge >= 0.3 is 5.97 Å². The van der Waals surface area contributed by atoms with Crippen LogP contribution in [0.3, 0.4) is 0 Å². The molecule has 0 saturated heterocycles. The standard InChI is InChI=1S/C20H19ClN6O2/c1-13(5-6-19(28)29)26-27-18-11-14(7-9-22-18)17-8-10-23-20(25-17)24-16-4-2-3-15(21)12-16/h2-4,7-12H,5-6H2,1H3,(H,22,27)(H,28,29)(H,23,24,25). The second-order valence-electron chi connectivity index (χ2n) is 6.18. The number of anilines is 3. The average Bonchev–Trinajstić information content (AvgIpc) is 2.71. The summed E-state index contributed by atoms with van der Waals surface area (Å²) in [6.07, 6.45) is 3.71. The molecule has 148 valence electrons. The number of halogens is 1. The second kappa shape index (κ2) is 9.61. The normalized spacial score (nSPS) is 11.2. The fourth-order valence-corrected chi connectivity index (χ4v) is 2.61. The van der Waals surface area contributed by atoms with Crippen molar-refractivity contribution in [2.75, 3.05) is 10.7 Å². The zero-order valence-electron chi connectivity index (χ0n) is 15.6. The van der Waals surface area contributed by atoms with Gasteiger partial charge in [0.25, 0.3) is 0 Å². The van der Waals surface area contributed by atoms with Crippen LogP contribution in [0.1, 0.15) is 19.8 Å². The molecule has 0 radical (unpaired) electrons. The second-order valence-corrected chi connectivity index (χ2v) is 6.62. The number of benzene rings is 1. The monoisotopic (exact) mass is 410 g/mol. The van der Waals surface area contributed by atoms with Crippen LogP contribution >= 0.6 is 11.6 Å². The number of aromatic nitrogens is 3. The molecule has 0 saturated carbocycles. The topological polar surface area (TPSA) is 112 Å². The number of rotatable bonds is 8. The number of nitrogens with one attached hydrogen (secondary N) is 2. The van der Waals surface area contributed by atoms with E-state index in [1.807, 2.05) is 18.2 Å². The highest BCUT2D eigenvalue weighted by Gasteiger charge is 2.05. The largest absolute Gasteiger partial charge is 0.481 e. The molecule has 0 aliphatic carbocycles. The van der Waals surface area contributed by atoms with E-state index >= 15 is 0 Å². The number of carboxylic acid groups (broad SMARTS) is 1. The molecule has 3 rings (SSSR count). The van der Waals surface area contributed by atoms with Gasteiger partial charge in [-0.3, -0.25) is 10.2 Å². The van der Waals surface area contributed by atoms with Gasteiger partial charge in [0, 0.05) is 34.4 Å². The summed E-state index contributed by atoms with van der Waals surface area (Å²) >= 11 is 6.01. The summed E-state index contributed by atoms with van der Waals surface area (Å²) in [6, 6.07) is 12.7. The van der Waals surface area contributed by atoms with Gasteiger partial charge in [-0.25, -0.2) is 15.0 Å². The van der Waals surface area contributed by atoms with Crippen LogP contribution in [0.25, 0.3) is 11.3 Å². The smallest absolute Gasteiger partial charge is 0.303 e. The number of pyridine rings is 1. The Morgan fingerprint density at radius 3 is 2.76 bits per heavy atom.